The molecule has 134 valence electrons. The van der Waals surface area contributed by atoms with Crippen LogP contribution in [0.3, 0.4) is 0 Å². The Balaban J connectivity index is 1.70. The van der Waals surface area contributed by atoms with Crippen molar-refractivity contribution in [2.75, 3.05) is 54.0 Å². The van der Waals surface area contributed by atoms with Crippen LogP contribution < -0.4 is 14.7 Å². The predicted octanol–water partition coefficient (Wildman–Crippen LogP) is 3.27. The first kappa shape index (κ1) is 17.5. The van der Waals surface area contributed by atoms with E-state index in [0.717, 1.165) is 51.0 Å². The fourth-order valence-electron chi connectivity index (χ4n) is 3.44. The van der Waals surface area contributed by atoms with Gasteiger partial charge in [0.2, 0.25) is 5.95 Å². The summed E-state index contributed by atoms with van der Waals surface area (Å²) in [6.07, 6.45) is 1.88. The molecule has 1 aromatic heterocycles. The quantitative estimate of drug-likeness (QED) is 0.835. The third-order valence-electron chi connectivity index (χ3n) is 5.19. The molecule has 0 amide bonds. The van der Waals surface area contributed by atoms with Gasteiger partial charge in [0.1, 0.15) is 5.82 Å². The SMILES string of the molecule is CCN(CC)c1ccnc(N2CCN(c3cccc(C)c3C)CC2)n1. The van der Waals surface area contributed by atoms with Gasteiger partial charge in [0.05, 0.1) is 0 Å². The Morgan fingerprint density at radius 2 is 1.64 bits per heavy atom. The molecule has 0 saturated carbocycles. The topological polar surface area (TPSA) is 35.5 Å². The number of piperazine rings is 1. The van der Waals surface area contributed by atoms with E-state index >= 15 is 0 Å². The maximum Gasteiger partial charge on any atom is 0.227 e. The lowest BCUT2D eigenvalue weighted by atomic mass is 10.1. The van der Waals surface area contributed by atoms with Crippen LogP contribution in [-0.4, -0.2) is 49.2 Å². The van der Waals surface area contributed by atoms with Crippen LogP contribution >= 0.6 is 0 Å². The smallest absolute Gasteiger partial charge is 0.227 e. The Hall–Kier alpha value is -2.30. The first-order chi connectivity index (χ1) is 12.1. The maximum atomic E-state index is 4.79. The van der Waals surface area contributed by atoms with Gasteiger partial charge in [0.15, 0.2) is 0 Å². The van der Waals surface area contributed by atoms with E-state index in [1.54, 1.807) is 0 Å². The highest BCUT2D eigenvalue weighted by atomic mass is 15.3. The zero-order chi connectivity index (χ0) is 17.8. The van der Waals surface area contributed by atoms with E-state index in [1.807, 2.05) is 12.3 Å². The lowest BCUT2D eigenvalue weighted by Gasteiger charge is -2.37. The van der Waals surface area contributed by atoms with Crippen LogP contribution in [0.25, 0.3) is 0 Å². The zero-order valence-corrected chi connectivity index (χ0v) is 15.9. The predicted molar refractivity (Wildman–Crippen MR) is 106 cm³/mol. The van der Waals surface area contributed by atoms with E-state index in [4.69, 9.17) is 4.98 Å². The molecule has 1 saturated heterocycles. The van der Waals surface area contributed by atoms with Gasteiger partial charge >= 0.3 is 0 Å². The molecule has 5 nitrogen and oxygen atoms in total. The van der Waals surface area contributed by atoms with Crippen molar-refractivity contribution in [2.45, 2.75) is 27.7 Å². The molecule has 1 fully saturated rings. The molecule has 25 heavy (non-hydrogen) atoms. The van der Waals surface area contributed by atoms with Crippen molar-refractivity contribution >= 4 is 17.5 Å². The van der Waals surface area contributed by atoms with Crippen molar-refractivity contribution < 1.29 is 0 Å². The summed E-state index contributed by atoms with van der Waals surface area (Å²) >= 11 is 0. The van der Waals surface area contributed by atoms with Gasteiger partial charge in [0.25, 0.3) is 0 Å². The molecule has 2 aromatic rings. The average Bonchev–Trinajstić information content (AvgIpc) is 2.65. The second-order valence-corrected chi connectivity index (χ2v) is 6.58. The second-order valence-electron chi connectivity index (χ2n) is 6.58. The molecule has 0 N–H and O–H groups in total. The first-order valence-corrected chi connectivity index (χ1v) is 9.28. The number of hydrogen-bond acceptors (Lipinski definition) is 5. The number of aromatic nitrogens is 2. The summed E-state index contributed by atoms with van der Waals surface area (Å²) in [5, 5.41) is 0. The highest BCUT2D eigenvalue weighted by Crippen LogP contribution is 2.25. The third-order valence-corrected chi connectivity index (χ3v) is 5.19. The van der Waals surface area contributed by atoms with E-state index in [1.165, 1.54) is 16.8 Å². The first-order valence-electron chi connectivity index (χ1n) is 9.28. The Morgan fingerprint density at radius 3 is 2.32 bits per heavy atom. The summed E-state index contributed by atoms with van der Waals surface area (Å²) in [6.45, 7) is 14.6. The summed E-state index contributed by atoms with van der Waals surface area (Å²) in [6, 6.07) is 8.57. The monoisotopic (exact) mass is 339 g/mol. The number of anilines is 3. The van der Waals surface area contributed by atoms with E-state index in [2.05, 4.69) is 65.6 Å². The molecule has 0 aliphatic carbocycles. The average molecular weight is 339 g/mol. The number of aryl methyl sites for hydroxylation is 1. The highest BCUT2D eigenvalue weighted by molar-refractivity contribution is 5.57. The van der Waals surface area contributed by atoms with Crippen molar-refractivity contribution in [2.24, 2.45) is 0 Å². The van der Waals surface area contributed by atoms with Gasteiger partial charge in [-0.05, 0) is 51.0 Å². The Labute approximate surface area is 151 Å². The molecule has 2 heterocycles. The van der Waals surface area contributed by atoms with Gasteiger partial charge in [-0.1, -0.05) is 12.1 Å². The molecular formula is C20H29N5. The standard InChI is InChI=1S/C20H29N5/c1-5-23(6-2)19-10-11-21-20(22-19)25-14-12-24(13-15-25)18-9-7-8-16(3)17(18)4/h7-11H,5-6,12-15H2,1-4H3. The largest absolute Gasteiger partial charge is 0.368 e. The van der Waals surface area contributed by atoms with Gasteiger partial charge in [-0.15, -0.1) is 0 Å². The normalized spacial score (nSPS) is 14.7. The minimum absolute atomic E-state index is 0.852. The summed E-state index contributed by atoms with van der Waals surface area (Å²) in [5.74, 6) is 1.87. The molecule has 0 bridgehead atoms. The van der Waals surface area contributed by atoms with Crippen LogP contribution in [0.2, 0.25) is 0 Å². The van der Waals surface area contributed by atoms with E-state index in [-0.39, 0.29) is 0 Å². The molecule has 5 heteroatoms. The Kier molecular flexibility index (Phi) is 5.41. The molecule has 0 spiro atoms. The molecule has 0 atom stereocenters. The molecule has 0 radical (unpaired) electrons. The molecule has 0 unspecified atom stereocenters. The highest BCUT2D eigenvalue weighted by Gasteiger charge is 2.21. The fraction of sp³-hybridized carbons (Fsp3) is 0.500. The lowest BCUT2D eigenvalue weighted by molar-refractivity contribution is 0.638. The minimum Gasteiger partial charge on any atom is -0.368 e. The van der Waals surface area contributed by atoms with E-state index in [0.29, 0.717) is 0 Å². The summed E-state index contributed by atoms with van der Waals surface area (Å²) in [4.78, 5) is 16.3. The van der Waals surface area contributed by atoms with Crippen molar-refractivity contribution in [1.82, 2.24) is 9.97 Å². The third kappa shape index (κ3) is 3.70. The molecule has 1 aliphatic rings. The van der Waals surface area contributed by atoms with Crippen LogP contribution in [0, 0.1) is 13.8 Å². The fourth-order valence-corrected chi connectivity index (χ4v) is 3.44. The van der Waals surface area contributed by atoms with Gasteiger partial charge in [-0.3, -0.25) is 0 Å². The van der Waals surface area contributed by atoms with Crippen molar-refractivity contribution in [3.05, 3.63) is 41.6 Å². The van der Waals surface area contributed by atoms with Crippen LogP contribution in [0.5, 0.6) is 0 Å². The van der Waals surface area contributed by atoms with E-state index < -0.39 is 0 Å². The van der Waals surface area contributed by atoms with Crippen molar-refractivity contribution in [3.8, 4) is 0 Å². The van der Waals surface area contributed by atoms with Gasteiger partial charge < -0.3 is 14.7 Å². The van der Waals surface area contributed by atoms with Crippen LogP contribution in [0.4, 0.5) is 17.5 Å². The van der Waals surface area contributed by atoms with Gasteiger partial charge in [-0.25, -0.2) is 4.98 Å². The van der Waals surface area contributed by atoms with Gasteiger partial charge in [-0.2, -0.15) is 4.98 Å². The van der Waals surface area contributed by atoms with Gasteiger partial charge in [0, 0.05) is 51.2 Å². The van der Waals surface area contributed by atoms with E-state index in [9.17, 15) is 0 Å². The molecule has 3 rings (SSSR count). The maximum absolute atomic E-state index is 4.79. The summed E-state index contributed by atoms with van der Waals surface area (Å²) in [7, 11) is 0. The lowest BCUT2D eigenvalue weighted by Crippen LogP contribution is -2.47. The Morgan fingerprint density at radius 1 is 0.960 bits per heavy atom. The number of benzene rings is 1. The van der Waals surface area contributed by atoms with Crippen LogP contribution in [-0.2, 0) is 0 Å². The Bertz CT molecular complexity index is 703. The van der Waals surface area contributed by atoms with Crippen molar-refractivity contribution in [1.29, 1.82) is 0 Å². The van der Waals surface area contributed by atoms with Crippen LogP contribution in [0.15, 0.2) is 30.5 Å². The zero-order valence-electron chi connectivity index (χ0n) is 15.9. The second kappa shape index (κ2) is 7.72. The van der Waals surface area contributed by atoms with Crippen LogP contribution in [0.1, 0.15) is 25.0 Å². The minimum atomic E-state index is 0.852. The number of nitrogens with zero attached hydrogens (tertiary/aromatic N) is 5. The number of hydrogen-bond donors (Lipinski definition) is 0. The van der Waals surface area contributed by atoms with Crippen molar-refractivity contribution in [3.63, 3.8) is 0 Å². The molecule has 1 aromatic carbocycles. The summed E-state index contributed by atoms with van der Waals surface area (Å²) < 4.78 is 0. The molecular weight excluding hydrogens is 310 g/mol. The summed E-state index contributed by atoms with van der Waals surface area (Å²) in [5.41, 5.74) is 4.10. The number of rotatable bonds is 5. The molecule has 1 aliphatic heterocycles.